The molecule has 2 rings (SSSR count). The smallest absolute Gasteiger partial charge is 0.133 e. The minimum atomic E-state index is 0.118. The molecule has 0 saturated carbocycles. The highest BCUT2D eigenvalue weighted by Crippen LogP contribution is 2.32. The van der Waals surface area contributed by atoms with Crippen molar-refractivity contribution < 1.29 is 4.74 Å². The molecule has 20 heavy (non-hydrogen) atoms. The van der Waals surface area contributed by atoms with Gasteiger partial charge in [-0.1, -0.05) is 0 Å². The summed E-state index contributed by atoms with van der Waals surface area (Å²) < 4.78 is 6.19. The van der Waals surface area contributed by atoms with E-state index in [0.29, 0.717) is 0 Å². The molecule has 0 atom stereocenters. The van der Waals surface area contributed by atoms with E-state index in [9.17, 15) is 0 Å². The lowest BCUT2D eigenvalue weighted by Gasteiger charge is -2.19. The standard InChI is InChI=1S/C15H19BrN2OS/c1-15(2,3)18-9-11-8-17-14(20-11)10-5-6-13(19-4)12(16)7-10/h5-8,18H,9H2,1-4H3. The van der Waals surface area contributed by atoms with Crippen molar-refractivity contribution in [2.75, 3.05) is 7.11 Å². The van der Waals surface area contributed by atoms with Gasteiger partial charge in [-0.25, -0.2) is 4.98 Å². The Labute approximate surface area is 132 Å². The summed E-state index contributed by atoms with van der Waals surface area (Å²) in [4.78, 5) is 5.74. The van der Waals surface area contributed by atoms with Gasteiger partial charge in [0.25, 0.3) is 0 Å². The van der Waals surface area contributed by atoms with Crippen molar-refractivity contribution in [2.24, 2.45) is 0 Å². The molecule has 0 radical (unpaired) electrons. The zero-order chi connectivity index (χ0) is 14.8. The number of halogens is 1. The average Bonchev–Trinajstić information content (AvgIpc) is 2.84. The summed E-state index contributed by atoms with van der Waals surface area (Å²) >= 11 is 5.22. The van der Waals surface area contributed by atoms with Crippen LogP contribution in [-0.4, -0.2) is 17.6 Å². The Morgan fingerprint density at radius 1 is 1.35 bits per heavy atom. The first-order chi connectivity index (χ1) is 9.39. The lowest BCUT2D eigenvalue weighted by molar-refractivity contribution is 0.412. The molecule has 0 aliphatic heterocycles. The number of hydrogen-bond donors (Lipinski definition) is 1. The maximum Gasteiger partial charge on any atom is 0.133 e. The van der Waals surface area contributed by atoms with E-state index in [0.717, 1.165) is 27.3 Å². The molecule has 0 unspecified atom stereocenters. The molecule has 5 heteroatoms. The van der Waals surface area contributed by atoms with Crippen LogP contribution < -0.4 is 10.1 Å². The number of rotatable bonds is 4. The van der Waals surface area contributed by atoms with Crippen LogP contribution in [0.15, 0.2) is 28.9 Å². The van der Waals surface area contributed by atoms with Gasteiger partial charge in [0.2, 0.25) is 0 Å². The van der Waals surface area contributed by atoms with E-state index < -0.39 is 0 Å². The van der Waals surface area contributed by atoms with Gasteiger partial charge < -0.3 is 10.1 Å². The van der Waals surface area contributed by atoms with Gasteiger partial charge in [0.05, 0.1) is 11.6 Å². The van der Waals surface area contributed by atoms with E-state index in [2.05, 4.69) is 47.0 Å². The molecule has 0 aliphatic carbocycles. The summed E-state index contributed by atoms with van der Waals surface area (Å²) in [6, 6.07) is 6.02. The fourth-order valence-electron chi connectivity index (χ4n) is 1.67. The Morgan fingerprint density at radius 3 is 2.70 bits per heavy atom. The predicted molar refractivity (Wildman–Crippen MR) is 88.4 cm³/mol. The van der Waals surface area contributed by atoms with Crippen LogP contribution in [0.5, 0.6) is 5.75 Å². The summed E-state index contributed by atoms with van der Waals surface area (Å²) in [5.74, 6) is 0.833. The number of ether oxygens (including phenoxy) is 1. The van der Waals surface area contributed by atoms with E-state index in [-0.39, 0.29) is 5.54 Å². The Balaban J connectivity index is 2.14. The molecule has 0 spiro atoms. The van der Waals surface area contributed by atoms with Crippen molar-refractivity contribution >= 4 is 27.3 Å². The predicted octanol–water partition coefficient (Wildman–Crippen LogP) is 4.47. The molecular formula is C15H19BrN2OS. The number of methoxy groups -OCH3 is 1. The Kier molecular flexibility index (Phi) is 4.83. The molecule has 3 nitrogen and oxygen atoms in total. The van der Waals surface area contributed by atoms with Crippen LogP contribution in [0, 0.1) is 0 Å². The molecule has 0 saturated heterocycles. The molecule has 108 valence electrons. The van der Waals surface area contributed by atoms with Gasteiger partial charge in [-0.05, 0) is 54.9 Å². The lowest BCUT2D eigenvalue weighted by atomic mass is 10.1. The summed E-state index contributed by atoms with van der Waals surface area (Å²) in [6.45, 7) is 7.33. The number of nitrogens with zero attached hydrogens (tertiary/aromatic N) is 1. The van der Waals surface area contributed by atoms with Gasteiger partial charge in [-0.15, -0.1) is 11.3 Å². The molecule has 1 heterocycles. The number of hydrogen-bond acceptors (Lipinski definition) is 4. The van der Waals surface area contributed by atoms with Gasteiger partial charge in [0.1, 0.15) is 10.8 Å². The van der Waals surface area contributed by atoms with Crippen molar-refractivity contribution in [3.63, 3.8) is 0 Å². The minimum absolute atomic E-state index is 0.118. The third-order valence-corrected chi connectivity index (χ3v) is 4.41. The van der Waals surface area contributed by atoms with E-state index in [1.807, 2.05) is 24.4 Å². The first-order valence-corrected chi connectivity index (χ1v) is 8.03. The number of benzene rings is 1. The lowest BCUT2D eigenvalue weighted by Crippen LogP contribution is -2.34. The van der Waals surface area contributed by atoms with Crippen molar-refractivity contribution in [1.29, 1.82) is 0 Å². The van der Waals surface area contributed by atoms with E-state index in [1.165, 1.54) is 4.88 Å². The second-order valence-corrected chi connectivity index (χ2v) is 7.55. The van der Waals surface area contributed by atoms with Gasteiger partial charge >= 0.3 is 0 Å². The Bertz CT molecular complexity index is 590. The topological polar surface area (TPSA) is 34.1 Å². The molecule has 0 amide bonds. The monoisotopic (exact) mass is 354 g/mol. The number of thiazole rings is 1. The second kappa shape index (κ2) is 6.24. The third-order valence-electron chi connectivity index (χ3n) is 2.75. The van der Waals surface area contributed by atoms with Gasteiger partial charge in [0.15, 0.2) is 0 Å². The first-order valence-electron chi connectivity index (χ1n) is 6.43. The largest absolute Gasteiger partial charge is 0.496 e. The van der Waals surface area contributed by atoms with Gasteiger partial charge in [-0.3, -0.25) is 0 Å². The highest BCUT2D eigenvalue weighted by molar-refractivity contribution is 9.10. The zero-order valence-electron chi connectivity index (χ0n) is 12.2. The first kappa shape index (κ1) is 15.5. The normalized spacial score (nSPS) is 11.7. The summed E-state index contributed by atoms with van der Waals surface area (Å²) in [5.41, 5.74) is 1.22. The van der Waals surface area contributed by atoms with Gasteiger partial charge in [0, 0.05) is 28.7 Å². The summed E-state index contributed by atoms with van der Waals surface area (Å²) in [7, 11) is 1.67. The number of aromatic nitrogens is 1. The zero-order valence-corrected chi connectivity index (χ0v) is 14.6. The summed E-state index contributed by atoms with van der Waals surface area (Å²) in [6.07, 6.45) is 1.94. The van der Waals surface area contributed by atoms with Crippen molar-refractivity contribution in [3.05, 3.63) is 33.7 Å². The molecule has 2 aromatic rings. The molecule has 0 fully saturated rings. The van der Waals surface area contributed by atoms with Crippen LogP contribution in [0.3, 0.4) is 0 Å². The average molecular weight is 355 g/mol. The van der Waals surface area contributed by atoms with Crippen molar-refractivity contribution in [1.82, 2.24) is 10.3 Å². The Hall–Kier alpha value is -0.910. The maximum atomic E-state index is 5.24. The highest BCUT2D eigenvalue weighted by Gasteiger charge is 2.11. The van der Waals surface area contributed by atoms with Crippen LogP contribution in [0.2, 0.25) is 0 Å². The fourth-order valence-corrected chi connectivity index (χ4v) is 3.06. The van der Waals surface area contributed by atoms with E-state index in [4.69, 9.17) is 4.74 Å². The van der Waals surface area contributed by atoms with E-state index in [1.54, 1.807) is 18.4 Å². The SMILES string of the molecule is COc1ccc(-c2ncc(CNC(C)(C)C)s2)cc1Br. The molecule has 0 aliphatic rings. The van der Waals surface area contributed by atoms with E-state index >= 15 is 0 Å². The third kappa shape index (κ3) is 4.04. The number of nitrogens with one attached hydrogen (secondary N) is 1. The van der Waals surface area contributed by atoms with Crippen molar-refractivity contribution in [2.45, 2.75) is 32.9 Å². The quantitative estimate of drug-likeness (QED) is 0.879. The second-order valence-electron chi connectivity index (χ2n) is 5.58. The summed E-state index contributed by atoms with van der Waals surface area (Å²) in [5, 5.41) is 4.50. The van der Waals surface area contributed by atoms with Crippen LogP contribution in [0.25, 0.3) is 10.6 Å². The molecule has 0 bridgehead atoms. The fraction of sp³-hybridized carbons (Fsp3) is 0.400. The van der Waals surface area contributed by atoms with Crippen LogP contribution in [0.4, 0.5) is 0 Å². The minimum Gasteiger partial charge on any atom is -0.496 e. The van der Waals surface area contributed by atoms with Crippen LogP contribution >= 0.6 is 27.3 Å². The van der Waals surface area contributed by atoms with Gasteiger partial charge in [-0.2, -0.15) is 0 Å². The van der Waals surface area contributed by atoms with Crippen molar-refractivity contribution in [3.8, 4) is 16.3 Å². The van der Waals surface area contributed by atoms with Crippen LogP contribution in [0.1, 0.15) is 25.6 Å². The molecule has 1 aromatic carbocycles. The maximum absolute atomic E-state index is 5.24. The Morgan fingerprint density at radius 2 is 2.10 bits per heavy atom. The van der Waals surface area contributed by atoms with Crippen LogP contribution in [-0.2, 0) is 6.54 Å². The molecule has 1 N–H and O–H groups in total. The molecule has 1 aromatic heterocycles. The molecular weight excluding hydrogens is 336 g/mol. The highest BCUT2D eigenvalue weighted by atomic mass is 79.9.